The Balaban J connectivity index is 1.91. The molecule has 0 aliphatic rings. The molecule has 0 fully saturated rings. The van der Waals surface area contributed by atoms with Crippen LogP contribution in [0.1, 0.15) is 0 Å². The van der Waals surface area contributed by atoms with Crippen LogP contribution < -0.4 is 10.1 Å². The predicted molar refractivity (Wildman–Crippen MR) is 76.2 cm³/mol. The molecule has 0 spiro atoms. The predicted octanol–water partition coefficient (Wildman–Crippen LogP) is 1.60. The van der Waals surface area contributed by atoms with Gasteiger partial charge in [0.05, 0.1) is 17.9 Å². The van der Waals surface area contributed by atoms with Gasteiger partial charge < -0.3 is 10.1 Å². The van der Waals surface area contributed by atoms with Crippen molar-refractivity contribution in [2.45, 2.75) is 5.16 Å². The van der Waals surface area contributed by atoms with E-state index in [1.807, 2.05) is 0 Å². The summed E-state index contributed by atoms with van der Waals surface area (Å²) < 4.78 is 6.54. The van der Waals surface area contributed by atoms with Crippen molar-refractivity contribution < 1.29 is 9.53 Å². The Bertz CT molecular complexity index is 619. The van der Waals surface area contributed by atoms with Crippen LogP contribution in [-0.2, 0) is 11.8 Å². The second-order valence-electron chi connectivity index (χ2n) is 3.77. The van der Waals surface area contributed by atoms with E-state index in [-0.39, 0.29) is 11.7 Å². The Morgan fingerprint density at radius 2 is 2.35 bits per heavy atom. The van der Waals surface area contributed by atoms with Gasteiger partial charge in [0.1, 0.15) is 5.75 Å². The number of aromatic nitrogens is 4. The molecular formula is C11H12ClN5O2S. The largest absolute Gasteiger partial charge is 0.495 e. The lowest BCUT2D eigenvalue weighted by atomic mass is 10.3. The molecule has 1 aromatic carbocycles. The molecule has 1 aromatic heterocycles. The number of benzene rings is 1. The first kappa shape index (κ1) is 14.6. The number of tetrazole rings is 1. The number of aryl methyl sites for hydroxylation is 1. The number of hydrogen-bond donors (Lipinski definition) is 1. The Kier molecular flexibility index (Phi) is 4.80. The maximum absolute atomic E-state index is 11.8. The van der Waals surface area contributed by atoms with Gasteiger partial charge in [0, 0.05) is 12.7 Å². The third-order valence-corrected chi connectivity index (χ3v) is 3.66. The molecule has 0 saturated heterocycles. The second-order valence-corrected chi connectivity index (χ2v) is 5.12. The lowest BCUT2D eigenvalue weighted by Gasteiger charge is -2.07. The second kappa shape index (κ2) is 6.58. The molecule has 0 bridgehead atoms. The van der Waals surface area contributed by atoms with Crippen LogP contribution in [0, 0.1) is 0 Å². The Labute approximate surface area is 124 Å². The summed E-state index contributed by atoms with van der Waals surface area (Å²) in [6, 6.07) is 5.04. The van der Waals surface area contributed by atoms with Crippen molar-refractivity contribution in [2.24, 2.45) is 7.05 Å². The third kappa shape index (κ3) is 3.61. The van der Waals surface area contributed by atoms with E-state index in [1.54, 1.807) is 25.2 Å². The number of hydrogen-bond acceptors (Lipinski definition) is 6. The van der Waals surface area contributed by atoms with E-state index in [4.69, 9.17) is 16.3 Å². The summed E-state index contributed by atoms with van der Waals surface area (Å²) in [5, 5.41) is 14.7. The summed E-state index contributed by atoms with van der Waals surface area (Å²) >= 11 is 7.23. The fourth-order valence-corrected chi connectivity index (χ4v) is 2.32. The molecule has 2 rings (SSSR count). The zero-order chi connectivity index (χ0) is 14.5. The van der Waals surface area contributed by atoms with E-state index in [9.17, 15) is 4.79 Å². The highest BCUT2D eigenvalue weighted by atomic mass is 35.5. The summed E-state index contributed by atoms with van der Waals surface area (Å²) in [5.41, 5.74) is 0.609. The van der Waals surface area contributed by atoms with Crippen molar-refractivity contribution in [3.8, 4) is 5.75 Å². The Hall–Kier alpha value is -1.80. The number of carbonyl (C=O) groups excluding carboxylic acids is 1. The monoisotopic (exact) mass is 313 g/mol. The van der Waals surface area contributed by atoms with Crippen molar-refractivity contribution in [1.82, 2.24) is 20.2 Å². The van der Waals surface area contributed by atoms with Gasteiger partial charge in [0.25, 0.3) is 0 Å². The maximum Gasteiger partial charge on any atom is 0.234 e. The molecule has 1 amide bonds. The van der Waals surface area contributed by atoms with Crippen LogP contribution in [0.15, 0.2) is 23.4 Å². The van der Waals surface area contributed by atoms with Crippen molar-refractivity contribution in [1.29, 1.82) is 0 Å². The Morgan fingerprint density at radius 1 is 1.55 bits per heavy atom. The van der Waals surface area contributed by atoms with Gasteiger partial charge in [0.2, 0.25) is 11.1 Å². The average Bonchev–Trinajstić information content (AvgIpc) is 2.82. The molecule has 0 aliphatic carbocycles. The van der Waals surface area contributed by atoms with E-state index in [0.29, 0.717) is 21.6 Å². The summed E-state index contributed by atoms with van der Waals surface area (Å²) in [6.45, 7) is 0. The molecule has 0 aliphatic heterocycles. The van der Waals surface area contributed by atoms with Gasteiger partial charge in [-0.15, -0.1) is 5.10 Å². The SMILES string of the molecule is COc1ccc(NC(=O)CSc2nnnn2C)cc1Cl. The number of carbonyl (C=O) groups is 1. The summed E-state index contributed by atoms with van der Waals surface area (Å²) in [5.74, 6) is 0.598. The highest BCUT2D eigenvalue weighted by Gasteiger charge is 2.09. The lowest BCUT2D eigenvalue weighted by Crippen LogP contribution is -2.14. The molecule has 9 heteroatoms. The first-order chi connectivity index (χ1) is 9.60. The van der Waals surface area contributed by atoms with Gasteiger partial charge in [-0.25, -0.2) is 4.68 Å². The molecule has 2 aromatic rings. The minimum absolute atomic E-state index is 0.167. The number of thioether (sulfide) groups is 1. The van der Waals surface area contributed by atoms with Crippen LogP contribution in [0.5, 0.6) is 5.75 Å². The molecule has 0 radical (unpaired) electrons. The third-order valence-electron chi connectivity index (χ3n) is 2.35. The summed E-state index contributed by atoms with van der Waals surface area (Å²) in [6.07, 6.45) is 0. The molecule has 1 N–H and O–H groups in total. The quantitative estimate of drug-likeness (QED) is 0.844. The highest BCUT2D eigenvalue weighted by Crippen LogP contribution is 2.27. The van der Waals surface area contributed by atoms with Gasteiger partial charge in [-0.2, -0.15) is 0 Å². The summed E-state index contributed by atoms with van der Waals surface area (Å²) in [4.78, 5) is 11.8. The highest BCUT2D eigenvalue weighted by molar-refractivity contribution is 7.99. The van der Waals surface area contributed by atoms with E-state index < -0.39 is 0 Å². The molecule has 0 unspecified atom stereocenters. The van der Waals surface area contributed by atoms with Crippen molar-refractivity contribution in [3.63, 3.8) is 0 Å². The number of anilines is 1. The first-order valence-electron chi connectivity index (χ1n) is 5.58. The zero-order valence-electron chi connectivity index (χ0n) is 10.8. The zero-order valence-corrected chi connectivity index (χ0v) is 12.4. The molecule has 0 saturated carbocycles. The van der Waals surface area contributed by atoms with Gasteiger partial charge >= 0.3 is 0 Å². The minimum atomic E-state index is -0.167. The fraction of sp³-hybridized carbons (Fsp3) is 0.273. The maximum atomic E-state index is 11.8. The summed E-state index contributed by atoms with van der Waals surface area (Å²) in [7, 11) is 3.24. The van der Waals surface area contributed by atoms with Gasteiger partial charge in [-0.05, 0) is 28.6 Å². The first-order valence-corrected chi connectivity index (χ1v) is 6.95. The van der Waals surface area contributed by atoms with Crippen LogP contribution in [-0.4, -0.2) is 39.0 Å². The number of methoxy groups -OCH3 is 1. The van der Waals surface area contributed by atoms with Crippen LogP contribution in [0.25, 0.3) is 0 Å². The van der Waals surface area contributed by atoms with Crippen molar-refractivity contribution in [3.05, 3.63) is 23.2 Å². The van der Waals surface area contributed by atoms with Gasteiger partial charge in [0.15, 0.2) is 0 Å². The average molecular weight is 314 g/mol. The van der Waals surface area contributed by atoms with Crippen molar-refractivity contribution in [2.75, 3.05) is 18.2 Å². The molecule has 0 atom stereocenters. The normalized spacial score (nSPS) is 10.3. The number of rotatable bonds is 5. The molecule has 106 valence electrons. The minimum Gasteiger partial charge on any atom is -0.495 e. The van der Waals surface area contributed by atoms with Crippen LogP contribution in [0.2, 0.25) is 5.02 Å². The van der Waals surface area contributed by atoms with Gasteiger partial charge in [-0.3, -0.25) is 4.79 Å². The van der Waals surface area contributed by atoms with E-state index >= 15 is 0 Å². The van der Waals surface area contributed by atoms with E-state index in [2.05, 4.69) is 20.8 Å². The van der Waals surface area contributed by atoms with E-state index in [1.165, 1.54) is 23.6 Å². The number of nitrogens with one attached hydrogen (secondary N) is 1. The molecule has 1 heterocycles. The van der Waals surface area contributed by atoms with Crippen LogP contribution in [0.4, 0.5) is 5.69 Å². The number of ether oxygens (including phenoxy) is 1. The molecule has 20 heavy (non-hydrogen) atoms. The smallest absolute Gasteiger partial charge is 0.234 e. The standard InChI is InChI=1S/C11H12ClN5O2S/c1-17-11(14-15-16-17)20-6-10(18)13-7-3-4-9(19-2)8(12)5-7/h3-5H,6H2,1-2H3,(H,13,18). The van der Waals surface area contributed by atoms with E-state index in [0.717, 1.165) is 0 Å². The van der Waals surface area contributed by atoms with Crippen molar-refractivity contribution >= 4 is 35.0 Å². The Morgan fingerprint density at radius 3 is 2.95 bits per heavy atom. The lowest BCUT2D eigenvalue weighted by molar-refractivity contribution is -0.113. The van der Waals surface area contributed by atoms with Gasteiger partial charge in [-0.1, -0.05) is 23.4 Å². The van der Waals surface area contributed by atoms with Crippen LogP contribution >= 0.6 is 23.4 Å². The molecular weight excluding hydrogens is 302 g/mol. The van der Waals surface area contributed by atoms with Crippen LogP contribution in [0.3, 0.4) is 0 Å². The number of halogens is 1. The topological polar surface area (TPSA) is 81.9 Å². The molecule has 7 nitrogen and oxygen atoms in total. The fourth-order valence-electron chi connectivity index (χ4n) is 1.41. The number of amides is 1. The number of nitrogens with zero attached hydrogens (tertiary/aromatic N) is 4.